The highest BCUT2D eigenvalue weighted by Crippen LogP contribution is 2.43. The van der Waals surface area contributed by atoms with Crippen molar-refractivity contribution in [2.75, 3.05) is 37.3 Å². The molecule has 1 aliphatic carbocycles. The van der Waals surface area contributed by atoms with E-state index >= 15 is 4.39 Å². The Morgan fingerprint density at radius 1 is 1.48 bits per heavy atom. The Morgan fingerprint density at radius 2 is 2.21 bits per heavy atom. The van der Waals surface area contributed by atoms with E-state index in [4.69, 9.17) is 10.8 Å². The number of halogens is 1. The van der Waals surface area contributed by atoms with E-state index in [1.807, 2.05) is 11.9 Å². The second-order valence-corrected chi connectivity index (χ2v) is 8.36. The van der Waals surface area contributed by atoms with Gasteiger partial charge < -0.3 is 30.4 Å². The van der Waals surface area contributed by atoms with E-state index in [1.165, 1.54) is 6.20 Å². The molecule has 2 aromatic rings. The van der Waals surface area contributed by atoms with Crippen LogP contribution in [0.4, 0.5) is 20.6 Å². The van der Waals surface area contributed by atoms with Crippen LogP contribution in [0.1, 0.15) is 32.2 Å². The molecule has 29 heavy (non-hydrogen) atoms. The maximum Gasteiger partial charge on any atom is 0.511 e. The molecule has 9 heteroatoms. The molecule has 1 aliphatic heterocycles. The summed E-state index contributed by atoms with van der Waals surface area (Å²) in [7, 11) is 1.89. The van der Waals surface area contributed by atoms with Crippen molar-refractivity contribution in [2.24, 2.45) is 5.41 Å². The van der Waals surface area contributed by atoms with Gasteiger partial charge >= 0.3 is 6.16 Å². The van der Waals surface area contributed by atoms with Crippen molar-refractivity contribution in [2.45, 2.75) is 32.2 Å². The summed E-state index contributed by atoms with van der Waals surface area (Å²) in [5, 5.41) is 12.1. The van der Waals surface area contributed by atoms with Gasteiger partial charge in [-0.3, -0.25) is 4.79 Å². The Labute approximate surface area is 167 Å². The molecule has 0 radical (unpaired) electrons. The number of carbonyl (C=O) groups is 1. The molecule has 8 nitrogen and oxygen atoms in total. The SMILES string of the molecule is CNCC1(C)CCN(c2c(F)cc3c(=O)c(OC(=O)O)cn(C4CC4)c3c2N)C1. The molecule has 1 atom stereocenters. The summed E-state index contributed by atoms with van der Waals surface area (Å²) in [4.78, 5) is 25.6. The molecular formula is C20H25FN4O4. The van der Waals surface area contributed by atoms with Gasteiger partial charge in [0.25, 0.3) is 0 Å². The number of carboxylic acid groups (broad SMARTS) is 1. The van der Waals surface area contributed by atoms with Crippen LogP contribution in [0.3, 0.4) is 0 Å². The minimum atomic E-state index is -1.59. The highest BCUT2D eigenvalue weighted by molar-refractivity contribution is 5.98. The number of aromatic nitrogens is 1. The van der Waals surface area contributed by atoms with Crippen LogP contribution >= 0.6 is 0 Å². The minimum Gasteiger partial charge on any atom is -0.449 e. The Kier molecular flexibility index (Phi) is 4.65. The van der Waals surface area contributed by atoms with Crippen LogP contribution in [0.25, 0.3) is 10.9 Å². The monoisotopic (exact) mass is 404 g/mol. The third-order valence-electron chi connectivity index (χ3n) is 5.86. The zero-order valence-electron chi connectivity index (χ0n) is 16.5. The van der Waals surface area contributed by atoms with E-state index < -0.39 is 17.4 Å². The predicted molar refractivity (Wildman–Crippen MR) is 108 cm³/mol. The maximum atomic E-state index is 15.2. The van der Waals surface area contributed by atoms with Crippen molar-refractivity contribution < 1.29 is 19.0 Å². The fourth-order valence-corrected chi connectivity index (χ4v) is 4.40. The molecule has 4 rings (SSSR count). The van der Waals surface area contributed by atoms with Crippen LogP contribution < -0.4 is 26.1 Å². The number of fused-ring (bicyclic) bond motifs is 1. The summed E-state index contributed by atoms with van der Waals surface area (Å²) in [6.07, 6.45) is 2.44. The van der Waals surface area contributed by atoms with Crippen LogP contribution in [0.2, 0.25) is 0 Å². The van der Waals surface area contributed by atoms with Gasteiger partial charge in [-0.25, -0.2) is 9.18 Å². The topological polar surface area (TPSA) is 110 Å². The molecule has 4 N–H and O–H groups in total. The quantitative estimate of drug-likeness (QED) is 0.519. The average Bonchev–Trinajstić information content (AvgIpc) is 3.41. The van der Waals surface area contributed by atoms with Crippen molar-refractivity contribution in [1.29, 1.82) is 0 Å². The third-order valence-corrected chi connectivity index (χ3v) is 5.86. The molecule has 1 saturated heterocycles. The molecule has 156 valence electrons. The number of ether oxygens (including phenoxy) is 1. The first-order valence-corrected chi connectivity index (χ1v) is 9.71. The zero-order chi connectivity index (χ0) is 20.9. The standard InChI is InChI=1S/C20H25FN4O4/c1-20(9-23-2)5-6-24(10-20)17-13(21)7-12-16(15(17)22)25(11-3-4-11)8-14(18(12)26)29-19(27)28/h7-8,11,23H,3-6,9-10,22H2,1-2H3,(H,27,28). The van der Waals surface area contributed by atoms with Crippen LogP contribution in [0.15, 0.2) is 17.1 Å². The Bertz CT molecular complexity index is 1050. The number of pyridine rings is 1. The molecule has 1 aromatic carbocycles. The van der Waals surface area contributed by atoms with E-state index in [0.717, 1.165) is 31.9 Å². The number of anilines is 2. The number of nitrogens with two attached hydrogens (primary N) is 1. The first-order valence-electron chi connectivity index (χ1n) is 9.71. The van der Waals surface area contributed by atoms with Crippen LogP contribution in [0.5, 0.6) is 5.75 Å². The molecule has 1 saturated carbocycles. The van der Waals surface area contributed by atoms with Gasteiger partial charge in [0, 0.05) is 25.7 Å². The molecule has 2 aliphatic rings. The van der Waals surface area contributed by atoms with Gasteiger partial charge in [0.1, 0.15) is 5.82 Å². The highest BCUT2D eigenvalue weighted by atomic mass is 19.1. The molecule has 1 aromatic heterocycles. The van der Waals surface area contributed by atoms with Crippen molar-refractivity contribution in [3.8, 4) is 5.75 Å². The van der Waals surface area contributed by atoms with E-state index in [1.54, 1.807) is 4.57 Å². The summed E-state index contributed by atoms with van der Waals surface area (Å²) in [5.74, 6) is -0.929. The fourth-order valence-electron chi connectivity index (χ4n) is 4.40. The molecule has 2 fully saturated rings. The minimum absolute atomic E-state index is 0.00205. The Morgan fingerprint density at radius 3 is 2.83 bits per heavy atom. The summed E-state index contributed by atoms with van der Waals surface area (Å²) >= 11 is 0. The van der Waals surface area contributed by atoms with Crippen LogP contribution in [-0.2, 0) is 0 Å². The van der Waals surface area contributed by atoms with Gasteiger partial charge in [-0.15, -0.1) is 0 Å². The van der Waals surface area contributed by atoms with Gasteiger partial charge in [0.15, 0.2) is 5.75 Å². The molecule has 1 unspecified atom stereocenters. The number of nitrogen functional groups attached to an aromatic ring is 1. The van der Waals surface area contributed by atoms with Crippen LogP contribution in [-0.4, -0.2) is 42.5 Å². The van der Waals surface area contributed by atoms with E-state index in [-0.39, 0.29) is 28.3 Å². The lowest BCUT2D eigenvalue weighted by molar-refractivity contribution is 0.143. The summed E-state index contributed by atoms with van der Waals surface area (Å²) < 4.78 is 21.5. The first kappa shape index (κ1) is 19.5. The number of hydrogen-bond acceptors (Lipinski definition) is 6. The van der Waals surface area contributed by atoms with E-state index in [9.17, 15) is 9.59 Å². The number of nitrogens with one attached hydrogen (secondary N) is 1. The van der Waals surface area contributed by atoms with E-state index in [2.05, 4.69) is 17.0 Å². The van der Waals surface area contributed by atoms with E-state index in [0.29, 0.717) is 24.3 Å². The lowest BCUT2D eigenvalue weighted by Crippen LogP contribution is -2.33. The lowest BCUT2D eigenvalue weighted by atomic mass is 9.90. The summed E-state index contributed by atoms with van der Waals surface area (Å²) in [6.45, 7) is 4.27. The van der Waals surface area contributed by atoms with Gasteiger partial charge in [-0.05, 0) is 37.8 Å². The van der Waals surface area contributed by atoms with Crippen molar-refractivity contribution >= 4 is 28.4 Å². The molecule has 2 heterocycles. The fraction of sp³-hybridized carbons (Fsp3) is 0.500. The summed E-state index contributed by atoms with van der Waals surface area (Å²) in [6, 6.07) is 1.24. The lowest BCUT2D eigenvalue weighted by Gasteiger charge is -2.27. The number of rotatable bonds is 5. The van der Waals surface area contributed by atoms with Crippen LogP contribution in [0, 0.1) is 11.2 Å². The predicted octanol–water partition coefficient (Wildman–Crippen LogP) is 2.55. The highest BCUT2D eigenvalue weighted by Gasteiger charge is 2.36. The first-order chi connectivity index (χ1) is 13.7. The maximum absolute atomic E-state index is 15.2. The third kappa shape index (κ3) is 3.39. The van der Waals surface area contributed by atoms with Gasteiger partial charge in [-0.2, -0.15) is 0 Å². The van der Waals surface area contributed by atoms with Crippen molar-refractivity contribution in [3.05, 3.63) is 28.3 Å². The number of hydrogen-bond donors (Lipinski definition) is 3. The second kappa shape index (κ2) is 6.91. The Balaban J connectivity index is 1.88. The molecule has 0 spiro atoms. The second-order valence-electron chi connectivity index (χ2n) is 8.36. The van der Waals surface area contributed by atoms with Gasteiger partial charge in [0.05, 0.1) is 28.5 Å². The van der Waals surface area contributed by atoms with Crippen molar-refractivity contribution in [3.63, 3.8) is 0 Å². The normalized spacial score (nSPS) is 21.7. The van der Waals surface area contributed by atoms with Gasteiger partial charge in [0.2, 0.25) is 5.43 Å². The smallest absolute Gasteiger partial charge is 0.449 e. The molecule has 0 bridgehead atoms. The average molecular weight is 404 g/mol. The van der Waals surface area contributed by atoms with Gasteiger partial charge in [-0.1, -0.05) is 6.92 Å². The van der Waals surface area contributed by atoms with Crippen molar-refractivity contribution in [1.82, 2.24) is 9.88 Å². The number of nitrogens with zero attached hydrogens (tertiary/aromatic N) is 2. The zero-order valence-corrected chi connectivity index (χ0v) is 16.5. The molecular weight excluding hydrogens is 379 g/mol. The Hall–Kier alpha value is -2.81. The summed E-state index contributed by atoms with van der Waals surface area (Å²) in [5.41, 5.74) is 6.70. The largest absolute Gasteiger partial charge is 0.511 e. The number of benzene rings is 1. The molecule has 0 amide bonds.